The maximum absolute atomic E-state index is 13.4. The van der Waals surface area contributed by atoms with Gasteiger partial charge in [-0.25, -0.2) is 4.39 Å². The standard InChI is InChI=1S/C17H18FN3O2/c18-10-1-4-13-14(8-16(22)20-15(13)7-10)17(23)21-6-5-11-2-3-12(9-21)19-11/h1,4,7-8,11-12,19H,2-3,5-6,9H2,(H,20,22). The van der Waals surface area contributed by atoms with Gasteiger partial charge in [-0.1, -0.05) is 0 Å². The largest absolute Gasteiger partial charge is 0.337 e. The Morgan fingerprint density at radius 2 is 2.00 bits per heavy atom. The molecule has 120 valence electrons. The summed E-state index contributed by atoms with van der Waals surface area (Å²) in [6.07, 6.45) is 3.17. The molecule has 6 heteroatoms. The predicted molar refractivity (Wildman–Crippen MR) is 85.0 cm³/mol. The van der Waals surface area contributed by atoms with E-state index in [-0.39, 0.29) is 11.5 Å². The lowest BCUT2D eigenvalue weighted by Crippen LogP contribution is -2.39. The minimum absolute atomic E-state index is 0.151. The number of pyridine rings is 1. The molecule has 1 amide bonds. The number of nitrogens with one attached hydrogen (secondary N) is 2. The quantitative estimate of drug-likeness (QED) is 0.841. The molecule has 0 radical (unpaired) electrons. The van der Waals surface area contributed by atoms with Crippen LogP contribution in [0.2, 0.25) is 0 Å². The molecule has 4 rings (SSSR count). The van der Waals surface area contributed by atoms with Gasteiger partial charge in [-0.3, -0.25) is 9.59 Å². The van der Waals surface area contributed by atoms with E-state index in [2.05, 4.69) is 10.3 Å². The van der Waals surface area contributed by atoms with Crippen LogP contribution in [0.25, 0.3) is 10.9 Å². The number of benzene rings is 1. The van der Waals surface area contributed by atoms with E-state index in [1.165, 1.54) is 24.6 Å². The molecular formula is C17H18FN3O2. The fourth-order valence-electron chi connectivity index (χ4n) is 3.71. The number of aromatic amines is 1. The summed E-state index contributed by atoms with van der Waals surface area (Å²) in [5.41, 5.74) is 0.317. The van der Waals surface area contributed by atoms with E-state index < -0.39 is 5.82 Å². The van der Waals surface area contributed by atoms with Gasteiger partial charge in [0, 0.05) is 36.6 Å². The van der Waals surface area contributed by atoms with Gasteiger partial charge >= 0.3 is 0 Å². The zero-order valence-corrected chi connectivity index (χ0v) is 12.6. The molecule has 1 aromatic heterocycles. The van der Waals surface area contributed by atoms with Crippen LogP contribution in [-0.2, 0) is 0 Å². The van der Waals surface area contributed by atoms with E-state index in [4.69, 9.17) is 0 Å². The van der Waals surface area contributed by atoms with Crippen molar-refractivity contribution in [1.82, 2.24) is 15.2 Å². The number of carbonyl (C=O) groups is 1. The number of fused-ring (bicyclic) bond motifs is 3. The van der Waals surface area contributed by atoms with Crippen LogP contribution in [-0.4, -0.2) is 41.0 Å². The van der Waals surface area contributed by atoms with Crippen LogP contribution < -0.4 is 10.9 Å². The van der Waals surface area contributed by atoms with Crippen molar-refractivity contribution in [2.24, 2.45) is 0 Å². The van der Waals surface area contributed by atoms with Gasteiger partial charge in [-0.05, 0) is 37.5 Å². The Hall–Kier alpha value is -2.21. The Bertz CT molecular complexity index is 832. The number of amides is 1. The number of rotatable bonds is 1. The first-order valence-electron chi connectivity index (χ1n) is 7.98. The fourth-order valence-corrected chi connectivity index (χ4v) is 3.71. The Morgan fingerprint density at radius 1 is 1.17 bits per heavy atom. The lowest BCUT2D eigenvalue weighted by atomic mass is 10.0. The van der Waals surface area contributed by atoms with Gasteiger partial charge in [0.25, 0.3) is 5.91 Å². The van der Waals surface area contributed by atoms with E-state index in [0.29, 0.717) is 41.6 Å². The van der Waals surface area contributed by atoms with Crippen LogP contribution in [0.1, 0.15) is 29.6 Å². The molecule has 2 unspecified atom stereocenters. The highest BCUT2D eigenvalue weighted by Gasteiger charge is 2.32. The molecule has 23 heavy (non-hydrogen) atoms. The van der Waals surface area contributed by atoms with E-state index in [9.17, 15) is 14.0 Å². The van der Waals surface area contributed by atoms with Gasteiger partial charge in [0.05, 0.1) is 11.1 Å². The topological polar surface area (TPSA) is 65.2 Å². The first-order valence-corrected chi connectivity index (χ1v) is 7.98. The molecule has 0 spiro atoms. The summed E-state index contributed by atoms with van der Waals surface area (Å²) in [5, 5.41) is 4.12. The molecule has 2 saturated heterocycles. The van der Waals surface area contributed by atoms with Crippen LogP contribution in [0, 0.1) is 5.82 Å². The van der Waals surface area contributed by atoms with Gasteiger partial charge in [0.1, 0.15) is 5.82 Å². The molecule has 5 nitrogen and oxygen atoms in total. The molecule has 2 aromatic rings. The normalized spacial score (nSPS) is 24.0. The molecule has 2 fully saturated rings. The Balaban J connectivity index is 1.73. The number of carbonyl (C=O) groups excluding carboxylic acids is 1. The fraction of sp³-hybridized carbons (Fsp3) is 0.412. The molecular weight excluding hydrogens is 297 g/mol. The summed E-state index contributed by atoms with van der Waals surface area (Å²) in [4.78, 5) is 29.2. The van der Waals surface area contributed by atoms with Crippen molar-refractivity contribution in [3.05, 3.63) is 46.0 Å². The average Bonchev–Trinajstić information content (AvgIpc) is 2.84. The summed E-state index contributed by atoms with van der Waals surface area (Å²) in [5.74, 6) is -0.587. The number of hydrogen-bond donors (Lipinski definition) is 2. The molecule has 2 bridgehead atoms. The number of hydrogen-bond acceptors (Lipinski definition) is 3. The summed E-state index contributed by atoms with van der Waals surface area (Å²) >= 11 is 0. The molecule has 1 aromatic carbocycles. The summed E-state index contributed by atoms with van der Waals surface area (Å²) < 4.78 is 13.4. The molecule has 3 heterocycles. The van der Waals surface area contributed by atoms with Crippen LogP contribution in [0.5, 0.6) is 0 Å². The second kappa shape index (κ2) is 5.45. The van der Waals surface area contributed by atoms with Gasteiger partial charge < -0.3 is 15.2 Å². The number of H-pyrrole nitrogens is 1. The highest BCUT2D eigenvalue weighted by atomic mass is 19.1. The third kappa shape index (κ3) is 2.63. The van der Waals surface area contributed by atoms with Crippen molar-refractivity contribution >= 4 is 16.8 Å². The Kier molecular flexibility index (Phi) is 3.41. The van der Waals surface area contributed by atoms with Crippen molar-refractivity contribution in [2.75, 3.05) is 13.1 Å². The maximum Gasteiger partial charge on any atom is 0.254 e. The first kappa shape index (κ1) is 14.4. The zero-order valence-electron chi connectivity index (χ0n) is 12.6. The number of nitrogens with zero attached hydrogens (tertiary/aromatic N) is 1. The van der Waals surface area contributed by atoms with Crippen molar-refractivity contribution in [1.29, 1.82) is 0 Å². The lowest BCUT2D eigenvalue weighted by molar-refractivity contribution is 0.0750. The molecule has 2 atom stereocenters. The summed E-state index contributed by atoms with van der Waals surface area (Å²) in [6.45, 7) is 1.34. The molecule has 0 saturated carbocycles. The third-order valence-electron chi connectivity index (χ3n) is 4.85. The predicted octanol–water partition coefficient (Wildman–Crippen LogP) is 1.63. The monoisotopic (exact) mass is 315 g/mol. The molecule has 2 N–H and O–H groups in total. The van der Waals surface area contributed by atoms with Crippen LogP contribution in [0.4, 0.5) is 4.39 Å². The van der Waals surface area contributed by atoms with E-state index >= 15 is 0 Å². The second-order valence-corrected chi connectivity index (χ2v) is 6.41. The van der Waals surface area contributed by atoms with E-state index in [0.717, 1.165) is 12.8 Å². The van der Waals surface area contributed by atoms with Crippen molar-refractivity contribution < 1.29 is 9.18 Å². The van der Waals surface area contributed by atoms with Crippen LogP contribution in [0.3, 0.4) is 0 Å². The maximum atomic E-state index is 13.4. The smallest absolute Gasteiger partial charge is 0.254 e. The third-order valence-corrected chi connectivity index (χ3v) is 4.85. The molecule has 2 aliphatic rings. The first-order chi connectivity index (χ1) is 11.1. The average molecular weight is 315 g/mol. The van der Waals surface area contributed by atoms with Crippen molar-refractivity contribution in [3.8, 4) is 0 Å². The highest BCUT2D eigenvalue weighted by Crippen LogP contribution is 2.23. The van der Waals surface area contributed by atoms with Gasteiger partial charge in [-0.15, -0.1) is 0 Å². The summed E-state index contributed by atoms with van der Waals surface area (Å²) in [6, 6.07) is 6.25. The van der Waals surface area contributed by atoms with E-state index in [1.807, 2.05) is 4.90 Å². The van der Waals surface area contributed by atoms with Crippen molar-refractivity contribution in [3.63, 3.8) is 0 Å². The lowest BCUT2D eigenvalue weighted by Gasteiger charge is -2.24. The molecule has 2 aliphatic heterocycles. The Morgan fingerprint density at radius 3 is 2.87 bits per heavy atom. The Labute approximate surface area is 132 Å². The van der Waals surface area contributed by atoms with Gasteiger partial charge in [-0.2, -0.15) is 0 Å². The number of halogens is 1. The molecule has 0 aliphatic carbocycles. The number of likely N-dealkylation sites (tertiary alicyclic amines) is 1. The van der Waals surface area contributed by atoms with Crippen LogP contribution >= 0.6 is 0 Å². The summed E-state index contributed by atoms with van der Waals surface area (Å²) in [7, 11) is 0. The number of aromatic nitrogens is 1. The minimum atomic E-state index is -0.436. The zero-order chi connectivity index (χ0) is 16.0. The van der Waals surface area contributed by atoms with Gasteiger partial charge in [0.2, 0.25) is 5.56 Å². The SMILES string of the molecule is O=C(c1cc(=O)[nH]c2cc(F)ccc12)N1CCC2CCC(C1)N2. The van der Waals surface area contributed by atoms with Crippen molar-refractivity contribution in [2.45, 2.75) is 31.3 Å². The highest BCUT2D eigenvalue weighted by molar-refractivity contribution is 6.06. The van der Waals surface area contributed by atoms with Gasteiger partial charge in [0.15, 0.2) is 0 Å². The van der Waals surface area contributed by atoms with Crippen LogP contribution in [0.15, 0.2) is 29.1 Å². The van der Waals surface area contributed by atoms with E-state index in [1.54, 1.807) is 6.07 Å². The minimum Gasteiger partial charge on any atom is -0.337 e. The second-order valence-electron chi connectivity index (χ2n) is 6.41.